The molecule has 3 rings (SSSR count). The molecule has 6 nitrogen and oxygen atoms in total. The lowest BCUT2D eigenvalue weighted by molar-refractivity contribution is -0.119. The second kappa shape index (κ2) is 8.69. The third kappa shape index (κ3) is 5.45. The summed E-state index contributed by atoms with van der Waals surface area (Å²) in [5.74, 6) is 0.896. The molecule has 0 saturated carbocycles. The molecular formula is C18H25N3O3S. The molecule has 25 heavy (non-hydrogen) atoms. The minimum Gasteiger partial charge on any atom is -0.431 e. The molecular weight excluding hydrogens is 338 g/mol. The Bertz CT molecular complexity index is 671. The van der Waals surface area contributed by atoms with Gasteiger partial charge in [-0.3, -0.25) is 9.69 Å². The van der Waals surface area contributed by atoms with Crippen LogP contribution in [0, 0.1) is 5.92 Å². The number of ether oxygens (including phenoxy) is 1. The monoisotopic (exact) mass is 363 g/mol. The van der Waals surface area contributed by atoms with Crippen LogP contribution in [-0.2, 0) is 9.53 Å². The van der Waals surface area contributed by atoms with Gasteiger partial charge in [0, 0.05) is 26.2 Å². The van der Waals surface area contributed by atoms with Crippen molar-refractivity contribution in [2.45, 2.75) is 25.2 Å². The van der Waals surface area contributed by atoms with Gasteiger partial charge >= 0.3 is 0 Å². The van der Waals surface area contributed by atoms with E-state index in [2.05, 4.69) is 29.0 Å². The Morgan fingerprint density at radius 3 is 3.08 bits per heavy atom. The van der Waals surface area contributed by atoms with Crippen molar-refractivity contribution in [3.63, 3.8) is 0 Å². The lowest BCUT2D eigenvalue weighted by atomic mass is 10.2. The smallest absolute Gasteiger partial charge is 0.257 e. The summed E-state index contributed by atoms with van der Waals surface area (Å²) in [6, 6.07) is 7.59. The Labute approximate surface area is 152 Å². The molecule has 2 aromatic rings. The Balaban J connectivity index is 1.40. The van der Waals surface area contributed by atoms with Crippen LogP contribution < -0.4 is 5.32 Å². The zero-order valence-corrected chi connectivity index (χ0v) is 15.6. The van der Waals surface area contributed by atoms with E-state index in [0.29, 0.717) is 17.7 Å². The molecule has 1 N–H and O–H groups in total. The highest BCUT2D eigenvalue weighted by Gasteiger charge is 2.21. The number of rotatable bonds is 7. The maximum atomic E-state index is 12.1. The standard InChI is InChI=1S/C18H25N3O3S/c1-13(2)10-21-7-8-23-14(11-21)9-19-17(22)12-25-18-20-15-5-3-4-6-16(15)24-18/h3-6,13-14H,7-12H2,1-2H3,(H,19,22). The van der Waals surface area contributed by atoms with Gasteiger partial charge in [0.15, 0.2) is 5.58 Å². The van der Waals surface area contributed by atoms with E-state index in [9.17, 15) is 4.79 Å². The van der Waals surface area contributed by atoms with E-state index in [1.165, 1.54) is 11.8 Å². The van der Waals surface area contributed by atoms with Crippen molar-refractivity contribution in [2.75, 3.05) is 38.5 Å². The zero-order valence-electron chi connectivity index (χ0n) is 14.7. The maximum Gasteiger partial charge on any atom is 0.257 e. The fraction of sp³-hybridized carbons (Fsp3) is 0.556. The topological polar surface area (TPSA) is 67.6 Å². The fourth-order valence-corrected chi connectivity index (χ4v) is 3.57. The molecule has 2 heterocycles. The van der Waals surface area contributed by atoms with Gasteiger partial charge in [-0.1, -0.05) is 37.7 Å². The first-order chi connectivity index (χ1) is 12.1. The van der Waals surface area contributed by atoms with Gasteiger partial charge in [0.05, 0.1) is 18.5 Å². The molecule has 7 heteroatoms. The first-order valence-corrected chi connectivity index (χ1v) is 9.67. The molecule has 1 aliphatic heterocycles. The number of hydrogen-bond acceptors (Lipinski definition) is 6. The highest BCUT2D eigenvalue weighted by Crippen LogP contribution is 2.22. The van der Waals surface area contributed by atoms with Crippen molar-refractivity contribution in [3.05, 3.63) is 24.3 Å². The lowest BCUT2D eigenvalue weighted by Crippen LogP contribution is -2.48. The number of thioether (sulfide) groups is 1. The predicted octanol–water partition coefficient (Wildman–Crippen LogP) is 2.39. The number of para-hydroxylation sites is 2. The Morgan fingerprint density at radius 1 is 1.44 bits per heavy atom. The first-order valence-electron chi connectivity index (χ1n) is 8.69. The van der Waals surface area contributed by atoms with E-state index in [-0.39, 0.29) is 17.8 Å². The van der Waals surface area contributed by atoms with E-state index >= 15 is 0 Å². The second-order valence-electron chi connectivity index (χ2n) is 6.69. The summed E-state index contributed by atoms with van der Waals surface area (Å²) in [5, 5.41) is 3.47. The van der Waals surface area contributed by atoms with E-state index in [1.54, 1.807) is 0 Å². The van der Waals surface area contributed by atoms with Crippen LogP contribution in [0.3, 0.4) is 0 Å². The van der Waals surface area contributed by atoms with E-state index in [0.717, 1.165) is 37.3 Å². The zero-order chi connectivity index (χ0) is 17.6. The lowest BCUT2D eigenvalue weighted by Gasteiger charge is -2.33. The molecule has 0 radical (unpaired) electrons. The normalized spacial score (nSPS) is 18.8. The third-order valence-corrected chi connectivity index (χ3v) is 4.80. The van der Waals surface area contributed by atoms with E-state index in [1.807, 2.05) is 24.3 Å². The van der Waals surface area contributed by atoms with Crippen LogP contribution in [0.25, 0.3) is 11.1 Å². The summed E-state index contributed by atoms with van der Waals surface area (Å²) in [5.41, 5.74) is 1.55. The summed E-state index contributed by atoms with van der Waals surface area (Å²) in [4.78, 5) is 18.8. The molecule has 1 aromatic carbocycles. The van der Waals surface area contributed by atoms with Crippen LogP contribution >= 0.6 is 11.8 Å². The summed E-state index contributed by atoms with van der Waals surface area (Å²) < 4.78 is 11.4. The SMILES string of the molecule is CC(C)CN1CCOC(CNC(=O)CSc2nc3ccccc3o2)C1. The van der Waals surface area contributed by atoms with Gasteiger partial charge in [0.1, 0.15) is 5.52 Å². The minimum absolute atomic E-state index is 0.0307. The molecule has 1 fully saturated rings. The van der Waals surface area contributed by atoms with E-state index in [4.69, 9.17) is 9.15 Å². The number of carbonyl (C=O) groups is 1. The van der Waals surface area contributed by atoms with Crippen molar-refractivity contribution >= 4 is 28.8 Å². The van der Waals surface area contributed by atoms with Gasteiger partial charge in [0.2, 0.25) is 5.91 Å². The van der Waals surface area contributed by atoms with Gasteiger partial charge in [-0.2, -0.15) is 0 Å². The number of fused-ring (bicyclic) bond motifs is 1. The average molecular weight is 363 g/mol. The molecule has 1 unspecified atom stereocenters. The van der Waals surface area contributed by atoms with Gasteiger partial charge in [-0.05, 0) is 18.1 Å². The number of nitrogens with zero attached hydrogens (tertiary/aromatic N) is 2. The van der Waals surface area contributed by atoms with Crippen molar-refractivity contribution in [1.82, 2.24) is 15.2 Å². The van der Waals surface area contributed by atoms with Gasteiger partial charge < -0.3 is 14.5 Å². The maximum absolute atomic E-state index is 12.1. The van der Waals surface area contributed by atoms with Crippen molar-refractivity contribution < 1.29 is 13.9 Å². The summed E-state index contributed by atoms with van der Waals surface area (Å²) in [7, 11) is 0. The van der Waals surface area contributed by atoms with Gasteiger partial charge in [-0.25, -0.2) is 4.98 Å². The fourth-order valence-electron chi connectivity index (χ4n) is 2.90. The number of morpholine rings is 1. The highest BCUT2D eigenvalue weighted by molar-refractivity contribution is 7.99. The summed E-state index contributed by atoms with van der Waals surface area (Å²) >= 11 is 1.31. The number of hydrogen-bond donors (Lipinski definition) is 1. The quantitative estimate of drug-likeness (QED) is 0.762. The number of benzene rings is 1. The minimum atomic E-state index is -0.0307. The molecule has 1 amide bonds. The predicted molar refractivity (Wildman–Crippen MR) is 98.8 cm³/mol. The summed E-state index contributed by atoms with van der Waals surface area (Å²) in [6.07, 6.45) is 0.0609. The van der Waals surface area contributed by atoms with Crippen LogP contribution in [0.5, 0.6) is 0 Å². The Kier molecular flexibility index (Phi) is 6.34. The van der Waals surface area contributed by atoms with Crippen LogP contribution in [-0.4, -0.2) is 60.4 Å². The van der Waals surface area contributed by atoms with Crippen LogP contribution in [0.4, 0.5) is 0 Å². The van der Waals surface area contributed by atoms with Gasteiger partial charge in [0.25, 0.3) is 5.22 Å². The number of carbonyl (C=O) groups excluding carboxylic acids is 1. The number of aromatic nitrogens is 1. The molecule has 136 valence electrons. The highest BCUT2D eigenvalue weighted by atomic mass is 32.2. The van der Waals surface area contributed by atoms with E-state index < -0.39 is 0 Å². The molecule has 0 aliphatic carbocycles. The molecule has 1 atom stereocenters. The molecule has 1 saturated heterocycles. The third-order valence-electron chi connectivity index (χ3n) is 3.97. The largest absolute Gasteiger partial charge is 0.431 e. The van der Waals surface area contributed by atoms with Crippen LogP contribution in [0.15, 0.2) is 33.9 Å². The number of amides is 1. The average Bonchev–Trinajstić information content (AvgIpc) is 3.01. The summed E-state index contributed by atoms with van der Waals surface area (Å²) in [6.45, 7) is 8.62. The van der Waals surface area contributed by atoms with Gasteiger partial charge in [-0.15, -0.1) is 0 Å². The molecule has 1 aliphatic rings. The Morgan fingerprint density at radius 2 is 2.28 bits per heavy atom. The van der Waals surface area contributed by atoms with Crippen LogP contribution in [0.1, 0.15) is 13.8 Å². The molecule has 1 aromatic heterocycles. The first kappa shape index (κ1) is 18.2. The van der Waals surface area contributed by atoms with Crippen molar-refractivity contribution in [2.24, 2.45) is 5.92 Å². The van der Waals surface area contributed by atoms with Crippen molar-refractivity contribution in [3.8, 4) is 0 Å². The second-order valence-corrected chi connectivity index (χ2v) is 7.61. The number of oxazole rings is 1. The van der Waals surface area contributed by atoms with Crippen molar-refractivity contribution in [1.29, 1.82) is 0 Å². The number of nitrogens with one attached hydrogen (secondary N) is 1. The molecule has 0 spiro atoms. The molecule has 0 bridgehead atoms. The Hall–Kier alpha value is -1.57. The van der Waals surface area contributed by atoms with Crippen LogP contribution in [0.2, 0.25) is 0 Å².